The normalized spacial score (nSPS) is 16.6. The number of amides is 1. The van der Waals surface area contributed by atoms with Gasteiger partial charge in [0.25, 0.3) is 0 Å². The predicted molar refractivity (Wildman–Crippen MR) is 157 cm³/mol. The number of likely N-dealkylation sites (tertiary alicyclic amines) is 1. The van der Waals surface area contributed by atoms with E-state index in [1.54, 1.807) is 29.2 Å². The van der Waals surface area contributed by atoms with E-state index in [-0.39, 0.29) is 53.0 Å². The fourth-order valence-electron chi connectivity index (χ4n) is 4.85. The molecule has 218 valence electrons. The second kappa shape index (κ2) is 14.1. The fraction of sp³-hybridized carbons (Fsp3) is 0.300. The van der Waals surface area contributed by atoms with E-state index in [0.717, 1.165) is 12.8 Å². The van der Waals surface area contributed by atoms with Gasteiger partial charge in [0, 0.05) is 12.1 Å². The third-order valence-corrected chi connectivity index (χ3v) is 8.78. The number of methoxy groups -OCH3 is 1. The molecule has 0 aliphatic carbocycles. The topological polar surface area (TPSA) is 140 Å². The van der Waals surface area contributed by atoms with Crippen molar-refractivity contribution in [3.63, 3.8) is 0 Å². The quantitative estimate of drug-likeness (QED) is 0.182. The van der Waals surface area contributed by atoms with Gasteiger partial charge in [-0.2, -0.15) is 0 Å². The molecule has 0 spiro atoms. The summed E-state index contributed by atoms with van der Waals surface area (Å²) in [5.41, 5.74) is 7.02. The Morgan fingerprint density at radius 1 is 1.02 bits per heavy atom. The molecule has 1 saturated heterocycles. The molecule has 1 aliphatic rings. The van der Waals surface area contributed by atoms with Crippen LogP contribution in [0.3, 0.4) is 0 Å². The molecule has 41 heavy (non-hydrogen) atoms. The second-order valence-electron chi connectivity index (χ2n) is 9.71. The van der Waals surface area contributed by atoms with E-state index in [4.69, 9.17) is 20.6 Å². The van der Waals surface area contributed by atoms with Crippen LogP contribution in [-0.4, -0.2) is 57.3 Å². The van der Waals surface area contributed by atoms with Crippen LogP contribution in [0.25, 0.3) is 0 Å². The number of amidine groups is 1. The summed E-state index contributed by atoms with van der Waals surface area (Å²) >= 11 is 0. The summed E-state index contributed by atoms with van der Waals surface area (Å²) in [6.07, 6.45) is 2.09. The predicted octanol–water partition coefficient (Wildman–Crippen LogP) is 4.02. The summed E-state index contributed by atoms with van der Waals surface area (Å²) in [4.78, 5) is 26.9. The van der Waals surface area contributed by atoms with Gasteiger partial charge in [0.2, 0.25) is 15.7 Å². The number of benzene rings is 3. The van der Waals surface area contributed by atoms with Crippen molar-refractivity contribution in [2.45, 2.75) is 41.5 Å². The van der Waals surface area contributed by atoms with Crippen LogP contribution < -0.4 is 10.5 Å². The molecule has 1 fully saturated rings. The summed E-state index contributed by atoms with van der Waals surface area (Å²) in [6.45, 7) is 0.747. The van der Waals surface area contributed by atoms with Gasteiger partial charge < -0.3 is 20.1 Å². The molecule has 9 nitrogen and oxygen atoms in total. The molecule has 3 N–H and O–H groups in total. The SMILES string of the molecule is COC(=O)C[C@@H]1C[C@@H](COc2ccc(S(=O)(=O)c3cccc(C(=N)N)c3)cc2)N(CCCc2ccccc2)C1=O.Cl. The molecule has 3 aromatic rings. The van der Waals surface area contributed by atoms with Gasteiger partial charge in [0.15, 0.2) is 0 Å². The smallest absolute Gasteiger partial charge is 0.306 e. The Labute approximate surface area is 246 Å². The number of rotatable bonds is 12. The van der Waals surface area contributed by atoms with E-state index in [1.807, 2.05) is 18.2 Å². The van der Waals surface area contributed by atoms with E-state index in [9.17, 15) is 18.0 Å². The Morgan fingerprint density at radius 3 is 2.39 bits per heavy atom. The summed E-state index contributed by atoms with van der Waals surface area (Å²) in [7, 11) is -2.51. The van der Waals surface area contributed by atoms with Crippen molar-refractivity contribution >= 4 is 40.0 Å². The molecular weight excluding hydrogens is 566 g/mol. The minimum atomic E-state index is -3.82. The zero-order valence-electron chi connectivity index (χ0n) is 22.7. The molecule has 1 heterocycles. The van der Waals surface area contributed by atoms with Crippen LogP contribution in [0, 0.1) is 11.3 Å². The van der Waals surface area contributed by atoms with Gasteiger partial charge >= 0.3 is 5.97 Å². The number of sulfone groups is 1. The van der Waals surface area contributed by atoms with E-state index >= 15 is 0 Å². The van der Waals surface area contributed by atoms with E-state index in [1.165, 1.54) is 36.9 Å². The van der Waals surface area contributed by atoms with Crippen molar-refractivity contribution < 1.29 is 27.5 Å². The van der Waals surface area contributed by atoms with Crippen LogP contribution in [0.2, 0.25) is 0 Å². The summed E-state index contributed by atoms with van der Waals surface area (Å²) in [6, 6.07) is 21.8. The molecule has 0 unspecified atom stereocenters. The molecule has 0 radical (unpaired) electrons. The number of nitrogen functional groups attached to an aromatic ring is 1. The van der Waals surface area contributed by atoms with Gasteiger partial charge in [-0.05, 0) is 61.2 Å². The molecule has 4 rings (SSSR count). The number of nitrogens with one attached hydrogen (secondary N) is 1. The first kappa shape index (κ1) is 31.6. The minimum Gasteiger partial charge on any atom is -0.491 e. The molecule has 1 amide bonds. The number of esters is 1. The van der Waals surface area contributed by atoms with Crippen molar-refractivity contribution in [1.29, 1.82) is 5.41 Å². The number of hydrogen-bond acceptors (Lipinski definition) is 7. The largest absolute Gasteiger partial charge is 0.491 e. The van der Waals surface area contributed by atoms with Gasteiger partial charge in [-0.1, -0.05) is 42.5 Å². The van der Waals surface area contributed by atoms with E-state index in [0.29, 0.717) is 24.3 Å². The third kappa shape index (κ3) is 7.86. The molecular formula is C30H34ClN3O6S. The molecule has 1 aliphatic heterocycles. The zero-order chi connectivity index (χ0) is 28.7. The number of hydrogen-bond donors (Lipinski definition) is 2. The Kier molecular flexibility index (Phi) is 10.9. The van der Waals surface area contributed by atoms with Crippen LogP contribution >= 0.6 is 12.4 Å². The summed E-state index contributed by atoms with van der Waals surface area (Å²) in [5, 5.41) is 7.56. The Hall–Kier alpha value is -3.89. The maximum Gasteiger partial charge on any atom is 0.306 e. The van der Waals surface area contributed by atoms with Crippen LogP contribution in [0.15, 0.2) is 88.7 Å². The average Bonchev–Trinajstić information content (AvgIpc) is 3.26. The highest BCUT2D eigenvalue weighted by Crippen LogP contribution is 2.30. The number of carbonyl (C=O) groups excluding carboxylic acids is 2. The Morgan fingerprint density at radius 2 is 1.73 bits per heavy atom. The minimum absolute atomic E-state index is 0. The van der Waals surface area contributed by atoms with Crippen LogP contribution in [-0.2, 0) is 30.6 Å². The third-order valence-electron chi connectivity index (χ3n) is 7.01. The monoisotopic (exact) mass is 599 g/mol. The van der Waals surface area contributed by atoms with Crippen LogP contribution in [0.4, 0.5) is 0 Å². The maximum absolute atomic E-state index is 13.2. The molecule has 0 saturated carbocycles. The lowest BCUT2D eigenvalue weighted by Crippen LogP contribution is -2.38. The average molecular weight is 600 g/mol. The first-order valence-corrected chi connectivity index (χ1v) is 14.5. The Balaban J connectivity index is 0.00000462. The zero-order valence-corrected chi connectivity index (χ0v) is 24.3. The van der Waals surface area contributed by atoms with Crippen LogP contribution in [0.1, 0.15) is 30.4 Å². The fourth-order valence-corrected chi connectivity index (χ4v) is 6.16. The number of halogens is 1. The summed E-state index contributed by atoms with van der Waals surface area (Å²) in [5.74, 6) is -0.717. The molecule has 11 heteroatoms. The Bertz CT molecular complexity index is 1470. The van der Waals surface area contributed by atoms with Gasteiger partial charge in [-0.25, -0.2) is 8.42 Å². The van der Waals surface area contributed by atoms with E-state index in [2.05, 4.69) is 12.1 Å². The molecule has 0 aromatic heterocycles. The van der Waals surface area contributed by atoms with Crippen molar-refractivity contribution in [2.75, 3.05) is 20.3 Å². The number of carbonyl (C=O) groups is 2. The molecule has 2 atom stereocenters. The lowest BCUT2D eigenvalue weighted by molar-refractivity contribution is -0.144. The lowest BCUT2D eigenvalue weighted by Gasteiger charge is -2.25. The maximum atomic E-state index is 13.2. The number of ether oxygens (including phenoxy) is 2. The molecule has 0 bridgehead atoms. The standard InChI is InChI=1S/C30H33N3O6S.ClH/c1-38-28(34)19-23-17-24(33(30(23)35)16-6-9-21-7-3-2-4-8-21)20-39-25-12-14-26(15-13-25)40(36,37)27-11-5-10-22(18-27)29(31)32;/h2-5,7-8,10-15,18,23-24H,6,9,16-17,19-20H2,1H3,(H3,31,32);1H/t23-,24-;/m0./s1. The second-order valence-corrected chi connectivity index (χ2v) is 11.7. The first-order chi connectivity index (χ1) is 19.2. The van der Waals surface area contributed by atoms with Gasteiger partial charge in [0.1, 0.15) is 18.2 Å². The van der Waals surface area contributed by atoms with Crippen molar-refractivity contribution in [3.05, 3.63) is 90.0 Å². The van der Waals surface area contributed by atoms with Crippen LogP contribution in [0.5, 0.6) is 5.75 Å². The highest BCUT2D eigenvalue weighted by atomic mass is 35.5. The number of aryl methyl sites for hydroxylation is 1. The summed E-state index contributed by atoms with van der Waals surface area (Å²) < 4.78 is 36.9. The van der Waals surface area contributed by atoms with Crippen molar-refractivity contribution in [2.24, 2.45) is 11.7 Å². The lowest BCUT2D eigenvalue weighted by atomic mass is 10.0. The van der Waals surface area contributed by atoms with Crippen molar-refractivity contribution in [3.8, 4) is 5.75 Å². The highest BCUT2D eigenvalue weighted by Gasteiger charge is 2.40. The van der Waals surface area contributed by atoms with Crippen molar-refractivity contribution in [1.82, 2.24) is 4.90 Å². The van der Waals surface area contributed by atoms with Gasteiger partial charge in [0.05, 0.1) is 35.3 Å². The number of nitrogens with two attached hydrogens (primary N) is 1. The number of nitrogens with zero attached hydrogens (tertiary/aromatic N) is 1. The first-order valence-electron chi connectivity index (χ1n) is 13.0. The van der Waals surface area contributed by atoms with E-state index < -0.39 is 21.7 Å². The van der Waals surface area contributed by atoms with Gasteiger partial charge in [-0.3, -0.25) is 15.0 Å². The molecule has 3 aromatic carbocycles. The highest BCUT2D eigenvalue weighted by molar-refractivity contribution is 7.91. The van der Waals surface area contributed by atoms with Gasteiger partial charge in [-0.15, -0.1) is 12.4 Å².